The van der Waals surface area contributed by atoms with E-state index in [1.807, 2.05) is 0 Å². The van der Waals surface area contributed by atoms with Gasteiger partial charge in [0.25, 0.3) is 5.69 Å². The number of benzene rings is 1. The molecule has 0 radical (unpaired) electrons. The lowest BCUT2D eigenvalue weighted by molar-refractivity contribution is -0.385. The van der Waals surface area contributed by atoms with E-state index in [1.54, 1.807) is 6.92 Å². The molecule has 4 saturated carbocycles. The number of rotatable bonds is 6. The van der Waals surface area contributed by atoms with Crippen molar-refractivity contribution >= 4 is 17.4 Å². The molecule has 0 aromatic heterocycles. The quantitative estimate of drug-likeness (QED) is 0.347. The first kappa shape index (κ1) is 19.1. The Kier molecular flexibility index (Phi) is 4.53. The van der Waals surface area contributed by atoms with E-state index in [2.05, 4.69) is 0 Å². The average molecular weight is 387 g/mol. The van der Waals surface area contributed by atoms with Gasteiger partial charge in [-0.25, -0.2) is 0 Å². The standard InChI is InChI=1S/C21H25NO6/c1-13-2-3-16(5-17(13)22(26)27)18(23)11-28-19(24)10-20-6-14-4-15(7-20)9-21(25,8-14)12-20/h2-3,5,14-15,25H,4,6-12H2,1H3/t14-,15+,20?,21?. The zero-order valence-corrected chi connectivity index (χ0v) is 16.0. The highest BCUT2D eigenvalue weighted by Gasteiger charge is 2.57. The molecule has 0 heterocycles. The third kappa shape index (κ3) is 3.55. The molecule has 28 heavy (non-hydrogen) atoms. The molecule has 4 aliphatic rings. The Bertz CT molecular complexity index is 833. The van der Waals surface area contributed by atoms with Gasteiger partial charge in [0, 0.05) is 17.2 Å². The van der Waals surface area contributed by atoms with Crippen LogP contribution in [-0.2, 0) is 9.53 Å². The molecule has 1 aromatic carbocycles. The molecule has 1 aromatic rings. The van der Waals surface area contributed by atoms with E-state index in [1.165, 1.54) is 18.2 Å². The van der Waals surface area contributed by atoms with Gasteiger partial charge >= 0.3 is 5.97 Å². The van der Waals surface area contributed by atoms with Crippen molar-refractivity contribution in [2.75, 3.05) is 6.61 Å². The predicted molar refractivity (Wildman–Crippen MR) is 99.8 cm³/mol. The third-order valence-corrected chi connectivity index (χ3v) is 6.76. The summed E-state index contributed by atoms with van der Waals surface area (Å²) in [6.45, 7) is 1.18. The van der Waals surface area contributed by atoms with Crippen LogP contribution in [0.1, 0.15) is 60.9 Å². The lowest BCUT2D eigenvalue weighted by Crippen LogP contribution is -2.56. The summed E-state index contributed by atoms with van der Waals surface area (Å²) in [7, 11) is 0. The number of aryl methyl sites for hydroxylation is 1. The van der Waals surface area contributed by atoms with Crippen LogP contribution >= 0.6 is 0 Å². The van der Waals surface area contributed by atoms with Crippen LogP contribution < -0.4 is 0 Å². The fourth-order valence-corrected chi connectivity index (χ4v) is 6.17. The van der Waals surface area contributed by atoms with Gasteiger partial charge in [-0.1, -0.05) is 12.1 Å². The zero-order chi connectivity index (χ0) is 20.1. The maximum absolute atomic E-state index is 12.4. The van der Waals surface area contributed by atoms with Gasteiger partial charge in [-0.15, -0.1) is 0 Å². The minimum absolute atomic E-state index is 0.126. The SMILES string of the molecule is Cc1ccc(C(=O)COC(=O)CC23C[C@@H]4C[C@@H](CC(O)(C4)C2)C3)cc1[N+](=O)[O-]. The molecule has 0 spiro atoms. The second-order valence-electron chi connectivity index (χ2n) is 9.20. The van der Waals surface area contributed by atoms with Crippen molar-refractivity contribution in [2.24, 2.45) is 17.3 Å². The smallest absolute Gasteiger partial charge is 0.306 e. The van der Waals surface area contributed by atoms with Crippen molar-refractivity contribution in [2.45, 2.75) is 57.5 Å². The fourth-order valence-electron chi connectivity index (χ4n) is 6.17. The number of nitro groups is 1. The maximum Gasteiger partial charge on any atom is 0.306 e. The summed E-state index contributed by atoms with van der Waals surface area (Å²) < 4.78 is 5.22. The molecular formula is C21H25NO6. The Morgan fingerprint density at radius 1 is 1.25 bits per heavy atom. The molecule has 4 bridgehead atoms. The molecule has 0 aliphatic heterocycles. The number of hydrogen-bond acceptors (Lipinski definition) is 6. The number of esters is 1. The summed E-state index contributed by atoms with van der Waals surface area (Å²) in [5.41, 5.74) is -0.339. The fraction of sp³-hybridized carbons (Fsp3) is 0.619. The van der Waals surface area contributed by atoms with Gasteiger partial charge in [-0.2, -0.15) is 0 Å². The number of aliphatic hydroxyl groups is 1. The normalized spacial score (nSPS) is 32.9. The molecule has 7 nitrogen and oxygen atoms in total. The number of nitro benzene ring substituents is 1. The van der Waals surface area contributed by atoms with E-state index in [0.717, 1.165) is 32.1 Å². The molecule has 1 N–H and O–H groups in total. The van der Waals surface area contributed by atoms with E-state index in [-0.39, 0.29) is 23.1 Å². The largest absolute Gasteiger partial charge is 0.457 e. The summed E-state index contributed by atoms with van der Waals surface area (Å²) in [5.74, 6) is 0.0729. The highest BCUT2D eigenvalue weighted by atomic mass is 16.6. The van der Waals surface area contributed by atoms with E-state index < -0.39 is 28.9 Å². The second kappa shape index (κ2) is 6.65. The van der Waals surface area contributed by atoms with Crippen molar-refractivity contribution < 1.29 is 24.4 Å². The van der Waals surface area contributed by atoms with Crippen LogP contribution in [-0.4, -0.2) is 34.0 Å². The molecule has 0 amide bonds. The predicted octanol–water partition coefficient (Wildman–Crippen LogP) is 3.35. The van der Waals surface area contributed by atoms with Crippen LogP contribution in [0.4, 0.5) is 5.69 Å². The van der Waals surface area contributed by atoms with Crippen molar-refractivity contribution in [3.05, 3.63) is 39.4 Å². The van der Waals surface area contributed by atoms with E-state index in [4.69, 9.17) is 4.74 Å². The summed E-state index contributed by atoms with van der Waals surface area (Å²) >= 11 is 0. The minimum Gasteiger partial charge on any atom is -0.457 e. The Labute approximate surface area is 163 Å². The van der Waals surface area contributed by atoms with Crippen LogP contribution in [0.15, 0.2) is 18.2 Å². The molecule has 2 unspecified atom stereocenters. The summed E-state index contributed by atoms with van der Waals surface area (Å²) in [4.78, 5) is 35.2. The van der Waals surface area contributed by atoms with Crippen molar-refractivity contribution in [1.82, 2.24) is 0 Å². The van der Waals surface area contributed by atoms with E-state index in [9.17, 15) is 24.8 Å². The second-order valence-corrected chi connectivity index (χ2v) is 9.20. The zero-order valence-electron chi connectivity index (χ0n) is 16.0. The van der Waals surface area contributed by atoms with E-state index in [0.29, 0.717) is 23.8 Å². The number of nitrogens with zero attached hydrogens (tertiary/aromatic N) is 1. The number of carbonyl (C=O) groups excluding carboxylic acids is 2. The lowest BCUT2D eigenvalue weighted by Gasteiger charge is -2.60. The van der Waals surface area contributed by atoms with Crippen molar-refractivity contribution in [3.63, 3.8) is 0 Å². The number of hydrogen-bond donors (Lipinski definition) is 1. The summed E-state index contributed by atoms with van der Waals surface area (Å²) in [6.07, 6.45) is 5.57. The van der Waals surface area contributed by atoms with Crippen molar-refractivity contribution in [1.29, 1.82) is 0 Å². The lowest BCUT2D eigenvalue weighted by atomic mass is 9.47. The molecule has 4 fully saturated rings. The number of carbonyl (C=O) groups is 2. The Balaban J connectivity index is 1.37. The highest BCUT2D eigenvalue weighted by Crippen LogP contribution is 2.62. The first-order valence-corrected chi connectivity index (χ1v) is 9.83. The Morgan fingerprint density at radius 3 is 2.54 bits per heavy atom. The molecule has 7 heteroatoms. The van der Waals surface area contributed by atoms with Crippen LogP contribution in [0.25, 0.3) is 0 Å². The summed E-state index contributed by atoms with van der Waals surface area (Å²) in [5, 5.41) is 21.8. The first-order chi connectivity index (χ1) is 13.2. The third-order valence-electron chi connectivity index (χ3n) is 6.76. The van der Waals surface area contributed by atoms with Gasteiger partial charge in [0.15, 0.2) is 6.61 Å². The summed E-state index contributed by atoms with van der Waals surface area (Å²) in [6, 6.07) is 4.25. The topological polar surface area (TPSA) is 107 Å². The number of ketones is 1. The Hall–Kier alpha value is -2.28. The first-order valence-electron chi connectivity index (χ1n) is 9.83. The monoisotopic (exact) mass is 387 g/mol. The van der Waals surface area contributed by atoms with Crippen LogP contribution in [0, 0.1) is 34.3 Å². The Morgan fingerprint density at radius 2 is 1.93 bits per heavy atom. The van der Waals surface area contributed by atoms with Crippen LogP contribution in [0.2, 0.25) is 0 Å². The van der Waals surface area contributed by atoms with E-state index >= 15 is 0 Å². The molecule has 4 aliphatic carbocycles. The van der Waals surface area contributed by atoms with Gasteiger partial charge in [0.1, 0.15) is 0 Å². The average Bonchev–Trinajstić information content (AvgIpc) is 2.57. The molecule has 0 saturated heterocycles. The van der Waals surface area contributed by atoms with Crippen molar-refractivity contribution in [3.8, 4) is 0 Å². The van der Waals surface area contributed by atoms with Gasteiger partial charge in [0.2, 0.25) is 5.78 Å². The van der Waals surface area contributed by atoms with Crippen LogP contribution in [0.3, 0.4) is 0 Å². The maximum atomic E-state index is 12.4. The molecule has 150 valence electrons. The van der Waals surface area contributed by atoms with Gasteiger partial charge in [-0.05, 0) is 62.7 Å². The van der Waals surface area contributed by atoms with Gasteiger partial charge < -0.3 is 9.84 Å². The molecule has 5 rings (SSSR count). The number of Topliss-reactive ketones (excluding diaryl/α,β-unsaturated/α-hetero) is 1. The van der Waals surface area contributed by atoms with Crippen LogP contribution in [0.5, 0.6) is 0 Å². The minimum atomic E-state index is -0.638. The highest BCUT2D eigenvalue weighted by molar-refractivity contribution is 5.98. The number of ether oxygens (including phenoxy) is 1. The molecule has 4 atom stereocenters. The van der Waals surface area contributed by atoms with Gasteiger partial charge in [0.05, 0.1) is 16.9 Å². The molecular weight excluding hydrogens is 362 g/mol. The van der Waals surface area contributed by atoms with Gasteiger partial charge in [-0.3, -0.25) is 19.7 Å².